The minimum atomic E-state index is -0.444. The number of hydrogen-bond acceptors (Lipinski definition) is 6. The molecule has 1 N–H and O–H groups in total. The van der Waals surface area contributed by atoms with Crippen LogP contribution in [0.1, 0.15) is 60.1 Å². The van der Waals surface area contributed by atoms with E-state index in [2.05, 4.69) is 27.1 Å². The van der Waals surface area contributed by atoms with Crippen molar-refractivity contribution in [1.29, 1.82) is 0 Å². The molecule has 7 nitrogen and oxygen atoms in total. The van der Waals surface area contributed by atoms with Gasteiger partial charge in [0.2, 0.25) is 5.91 Å². The van der Waals surface area contributed by atoms with Crippen molar-refractivity contribution in [2.24, 2.45) is 0 Å². The average Bonchev–Trinajstić information content (AvgIpc) is 2.84. The van der Waals surface area contributed by atoms with Crippen LogP contribution >= 0.6 is 0 Å². The number of piperidine rings is 1. The third-order valence-corrected chi connectivity index (χ3v) is 5.74. The molecule has 1 aliphatic rings. The Bertz CT molecular complexity index is 923. The SMILES string of the molecule is CC(NC(=O)Cc1ccc(C(=O)OCCCOC=O)cc1)c1ccccc1N1CCCCC1. The lowest BCUT2D eigenvalue weighted by Crippen LogP contribution is -2.33. The molecule has 33 heavy (non-hydrogen) atoms. The van der Waals surface area contributed by atoms with Gasteiger partial charge in [-0.25, -0.2) is 4.79 Å². The van der Waals surface area contributed by atoms with Gasteiger partial charge in [0.05, 0.1) is 31.2 Å². The zero-order chi connectivity index (χ0) is 23.5. The van der Waals surface area contributed by atoms with E-state index in [1.54, 1.807) is 24.3 Å². The van der Waals surface area contributed by atoms with Crippen LogP contribution in [0, 0.1) is 0 Å². The number of anilines is 1. The highest BCUT2D eigenvalue weighted by Gasteiger charge is 2.19. The first kappa shape index (κ1) is 24.3. The van der Waals surface area contributed by atoms with E-state index in [1.165, 1.54) is 24.9 Å². The summed E-state index contributed by atoms with van der Waals surface area (Å²) < 4.78 is 9.69. The largest absolute Gasteiger partial charge is 0.468 e. The van der Waals surface area contributed by atoms with E-state index in [-0.39, 0.29) is 31.6 Å². The maximum Gasteiger partial charge on any atom is 0.338 e. The molecule has 1 aliphatic heterocycles. The Hall–Kier alpha value is -3.35. The van der Waals surface area contributed by atoms with Gasteiger partial charge in [-0.3, -0.25) is 9.59 Å². The molecule has 1 amide bonds. The summed E-state index contributed by atoms with van der Waals surface area (Å²) in [7, 11) is 0. The zero-order valence-electron chi connectivity index (χ0n) is 19.1. The molecule has 0 spiro atoms. The van der Waals surface area contributed by atoms with Crippen LogP contribution in [0.2, 0.25) is 0 Å². The second kappa shape index (κ2) is 12.6. The van der Waals surface area contributed by atoms with Crippen molar-refractivity contribution < 1.29 is 23.9 Å². The number of para-hydroxylation sites is 1. The molecule has 2 aromatic rings. The number of nitrogens with zero attached hydrogens (tertiary/aromatic N) is 1. The standard InChI is InChI=1S/C26H32N2O5/c1-20(23-8-3-4-9-24(23)28-14-5-2-6-15-28)27-25(30)18-21-10-12-22(13-11-21)26(31)33-17-7-16-32-19-29/h3-4,8-13,19-20H,2,5-7,14-18H2,1H3,(H,27,30). The van der Waals surface area contributed by atoms with Crippen molar-refractivity contribution in [2.45, 2.75) is 45.1 Å². The van der Waals surface area contributed by atoms with E-state index in [0.717, 1.165) is 24.2 Å². The highest BCUT2D eigenvalue weighted by Crippen LogP contribution is 2.28. The van der Waals surface area contributed by atoms with Gasteiger partial charge < -0.3 is 19.7 Å². The van der Waals surface area contributed by atoms with Crippen LogP contribution in [-0.2, 0) is 25.5 Å². The molecule has 0 saturated carbocycles. The lowest BCUT2D eigenvalue weighted by atomic mass is 10.0. The van der Waals surface area contributed by atoms with Crippen LogP contribution in [0.15, 0.2) is 48.5 Å². The molecule has 176 valence electrons. The molecule has 3 rings (SSSR count). The second-order valence-corrected chi connectivity index (χ2v) is 8.23. The zero-order valence-corrected chi connectivity index (χ0v) is 19.1. The first-order valence-corrected chi connectivity index (χ1v) is 11.5. The summed E-state index contributed by atoms with van der Waals surface area (Å²) in [5.41, 5.74) is 3.56. The molecule has 1 fully saturated rings. The predicted molar refractivity (Wildman–Crippen MR) is 126 cm³/mol. The third-order valence-electron chi connectivity index (χ3n) is 5.74. The molecular formula is C26H32N2O5. The quantitative estimate of drug-likeness (QED) is 0.317. The van der Waals surface area contributed by atoms with Gasteiger partial charge in [0.25, 0.3) is 6.47 Å². The summed E-state index contributed by atoms with van der Waals surface area (Å²) in [6.07, 6.45) is 4.36. The number of hydrogen-bond donors (Lipinski definition) is 1. The van der Waals surface area contributed by atoms with Crippen molar-refractivity contribution in [3.63, 3.8) is 0 Å². The van der Waals surface area contributed by atoms with E-state index in [0.29, 0.717) is 18.5 Å². The first-order valence-electron chi connectivity index (χ1n) is 11.5. The van der Waals surface area contributed by atoms with Crippen molar-refractivity contribution in [3.8, 4) is 0 Å². The molecule has 1 heterocycles. The number of rotatable bonds is 11. The van der Waals surface area contributed by atoms with Crippen LogP contribution in [0.25, 0.3) is 0 Å². The first-order chi connectivity index (χ1) is 16.1. The molecule has 2 aromatic carbocycles. The topological polar surface area (TPSA) is 84.9 Å². The summed E-state index contributed by atoms with van der Waals surface area (Å²) in [5, 5.41) is 3.11. The van der Waals surface area contributed by atoms with Crippen LogP contribution in [-0.4, -0.2) is 44.7 Å². The van der Waals surface area contributed by atoms with E-state index >= 15 is 0 Å². The van der Waals surface area contributed by atoms with Gasteiger partial charge in [-0.15, -0.1) is 0 Å². The lowest BCUT2D eigenvalue weighted by molar-refractivity contribution is -0.129. The number of esters is 1. The maximum absolute atomic E-state index is 12.7. The molecule has 1 atom stereocenters. The number of ether oxygens (including phenoxy) is 2. The van der Waals surface area contributed by atoms with Gasteiger partial charge in [-0.2, -0.15) is 0 Å². The maximum atomic E-state index is 12.7. The lowest BCUT2D eigenvalue weighted by Gasteiger charge is -2.32. The Morgan fingerprint density at radius 1 is 1.03 bits per heavy atom. The molecule has 7 heteroatoms. The van der Waals surface area contributed by atoms with Crippen LogP contribution in [0.4, 0.5) is 5.69 Å². The van der Waals surface area contributed by atoms with E-state index in [9.17, 15) is 14.4 Å². The van der Waals surface area contributed by atoms with Crippen molar-refractivity contribution in [3.05, 3.63) is 65.2 Å². The Kier molecular flexibility index (Phi) is 9.30. The summed E-state index contributed by atoms with van der Waals surface area (Å²) in [6.45, 7) is 4.88. The summed E-state index contributed by atoms with van der Waals surface area (Å²) in [4.78, 5) is 37.2. The Labute approximate surface area is 195 Å². The minimum absolute atomic E-state index is 0.0681. The Morgan fingerprint density at radius 3 is 2.48 bits per heavy atom. The Morgan fingerprint density at radius 2 is 1.76 bits per heavy atom. The number of benzene rings is 2. The fraction of sp³-hybridized carbons (Fsp3) is 0.423. The summed E-state index contributed by atoms with van der Waals surface area (Å²) in [5.74, 6) is -0.513. The molecule has 0 bridgehead atoms. The average molecular weight is 453 g/mol. The molecule has 0 aliphatic carbocycles. The molecule has 1 saturated heterocycles. The molecule has 1 unspecified atom stereocenters. The van der Waals surface area contributed by atoms with E-state index < -0.39 is 5.97 Å². The van der Waals surface area contributed by atoms with Gasteiger partial charge in [-0.05, 0) is 55.5 Å². The van der Waals surface area contributed by atoms with Gasteiger partial charge >= 0.3 is 5.97 Å². The number of carbonyl (C=O) groups is 3. The number of amides is 1. The molecular weight excluding hydrogens is 420 g/mol. The minimum Gasteiger partial charge on any atom is -0.468 e. The fourth-order valence-corrected chi connectivity index (χ4v) is 4.03. The van der Waals surface area contributed by atoms with Gasteiger partial charge in [0.15, 0.2) is 0 Å². The third kappa shape index (κ3) is 7.34. The van der Waals surface area contributed by atoms with Gasteiger partial charge in [0.1, 0.15) is 0 Å². The monoisotopic (exact) mass is 452 g/mol. The normalized spacial score (nSPS) is 14.3. The number of nitrogens with one attached hydrogen (secondary N) is 1. The molecule has 0 aromatic heterocycles. The number of carbonyl (C=O) groups excluding carboxylic acids is 3. The van der Waals surface area contributed by atoms with Gasteiger partial charge in [-0.1, -0.05) is 30.3 Å². The van der Waals surface area contributed by atoms with Crippen LogP contribution in [0.5, 0.6) is 0 Å². The highest BCUT2D eigenvalue weighted by molar-refractivity contribution is 5.89. The van der Waals surface area contributed by atoms with Crippen molar-refractivity contribution in [1.82, 2.24) is 5.32 Å². The van der Waals surface area contributed by atoms with Crippen LogP contribution in [0.3, 0.4) is 0 Å². The Balaban J connectivity index is 1.51. The summed E-state index contributed by atoms with van der Waals surface area (Å²) in [6, 6.07) is 15.0. The van der Waals surface area contributed by atoms with E-state index in [4.69, 9.17) is 4.74 Å². The second-order valence-electron chi connectivity index (χ2n) is 8.23. The highest BCUT2D eigenvalue weighted by atomic mass is 16.5. The van der Waals surface area contributed by atoms with Crippen LogP contribution < -0.4 is 10.2 Å². The molecule has 0 radical (unpaired) electrons. The fourth-order valence-electron chi connectivity index (χ4n) is 4.03. The predicted octanol–water partition coefficient (Wildman–Crippen LogP) is 3.82. The van der Waals surface area contributed by atoms with Crippen molar-refractivity contribution in [2.75, 3.05) is 31.2 Å². The summed E-state index contributed by atoms with van der Waals surface area (Å²) >= 11 is 0. The van der Waals surface area contributed by atoms with Gasteiger partial charge in [0, 0.05) is 25.2 Å². The van der Waals surface area contributed by atoms with Crippen molar-refractivity contribution >= 4 is 24.0 Å². The van der Waals surface area contributed by atoms with E-state index in [1.807, 2.05) is 19.1 Å². The smallest absolute Gasteiger partial charge is 0.338 e.